The minimum Gasteiger partial charge on any atom is -0.317 e. The van der Waals surface area contributed by atoms with Gasteiger partial charge < -0.3 is 18.6 Å². The maximum absolute atomic E-state index is 2.48. The number of anilines is 3. The molecule has 0 atom stereocenters. The molecule has 10 aromatic carbocycles. The summed E-state index contributed by atoms with van der Waals surface area (Å²) in [5, 5.41) is 6.12. The molecule has 1 aliphatic rings. The van der Waals surface area contributed by atoms with Gasteiger partial charge in [-0.2, -0.15) is 0 Å². The average Bonchev–Trinajstić information content (AvgIpc) is 4.13. The molecule has 3 heterocycles. The Bertz CT molecular complexity index is 4120. The molecule has 1 aliphatic carbocycles. The number of para-hydroxylation sites is 3. The van der Waals surface area contributed by atoms with Crippen LogP contribution in [0.4, 0.5) is 17.1 Å². The van der Waals surface area contributed by atoms with Crippen LogP contribution in [-0.2, 0) is 5.41 Å². The molecule has 0 radical (unpaired) electrons. The predicted octanol–water partition coefficient (Wildman–Crippen LogP) is 17.3. The molecule has 13 aromatic rings. The van der Waals surface area contributed by atoms with E-state index in [4.69, 9.17) is 0 Å². The summed E-state index contributed by atoms with van der Waals surface area (Å²) < 4.78 is 7.22. The Hall–Kier alpha value is -8.86. The number of hydrogen-bond acceptors (Lipinski definition) is 1. The van der Waals surface area contributed by atoms with Gasteiger partial charge in [0.15, 0.2) is 0 Å². The van der Waals surface area contributed by atoms with Gasteiger partial charge in [-0.1, -0.05) is 141 Å². The van der Waals surface area contributed by atoms with Crippen molar-refractivity contribution in [1.29, 1.82) is 0 Å². The van der Waals surface area contributed by atoms with E-state index in [1.165, 1.54) is 82.4 Å². The largest absolute Gasteiger partial charge is 0.317 e. The zero-order valence-electron chi connectivity index (χ0n) is 38.4. The van der Waals surface area contributed by atoms with E-state index in [0.29, 0.717) is 0 Å². The Morgan fingerprint density at radius 1 is 0.333 bits per heavy atom. The molecule has 0 bridgehead atoms. The van der Waals surface area contributed by atoms with Crippen molar-refractivity contribution in [2.75, 3.05) is 4.90 Å². The monoisotopic (exact) mass is 882 g/mol. The Morgan fingerprint density at radius 3 is 1.62 bits per heavy atom. The van der Waals surface area contributed by atoms with Gasteiger partial charge in [0.05, 0.1) is 27.6 Å². The molecule has 4 heteroatoms. The van der Waals surface area contributed by atoms with Gasteiger partial charge in [0, 0.05) is 72.7 Å². The van der Waals surface area contributed by atoms with Crippen LogP contribution in [0.15, 0.2) is 243 Å². The SMILES string of the molecule is CC1(C)c2ccccc2-c2ccc(N(c3ccc(-c4ccccc4)cc3)c3ccc(-n4c5cc6ccn(-c7ccccc7)c6cc5c5cc6c7ccccc7n(-c7ccccc7)c6cc54)cc3)cc21. The van der Waals surface area contributed by atoms with Crippen LogP contribution in [0.2, 0.25) is 0 Å². The maximum atomic E-state index is 2.48. The summed E-state index contributed by atoms with van der Waals surface area (Å²) in [6, 6.07) is 87.0. The molecule has 0 saturated carbocycles. The first kappa shape index (κ1) is 39.3. The normalized spacial score (nSPS) is 12.9. The van der Waals surface area contributed by atoms with Crippen LogP contribution in [-0.4, -0.2) is 13.7 Å². The van der Waals surface area contributed by atoms with Gasteiger partial charge in [0.25, 0.3) is 0 Å². The van der Waals surface area contributed by atoms with Crippen LogP contribution in [0, 0.1) is 0 Å². The zero-order valence-corrected chi connectivity index (χ0v) is 38.4. The smallest absolute Gasteiger partial charge is 0.0562 e. The van der Waals surface area contributed by atoms with Crippen LogP contribution >= 0.6 is 0 Å². The van der Waals surface area contributed by atoms with Crippen LogP contribution < -0.4 is 4.90 Å². The molecule has 0 unspecified atom stereocenters. The molecule has 69 heavy (non-hydrogen) atoms. The number of hydrogen-bond donors (Lipinski definition) is 0. The first-order valence-electron chi connectivity index (χ1n) is 23.9. The van der Waals surface area contributed by atoms with Gasteiger partial charge in [-0.05, 0) is 143 Å². The van der Waals surface area contributed by atoms with E-state index in [9.17, 15) is 0 Å². The Morgan fingerprint density at radius 2 is 0.870 bits per heavy atom. The highest BCUT2D eigenvalue weighted by Gasteiger charge is 2.36. The minimum atomic E-state index is -0.129. The van der Waals surface area contributed by atoms with Gasteiger partial charge in [-0.25, -0.2) is 0 Å². The molecule has 0 N–H and O–H groups in total. The van der Waals surface area contributed by atoms with Crippen LogP contribution in [0.3, 0.4) is 0 Å². The third kappa shape index (κ3) is 6.02. The van der Waals surface area contributed by atoms with E-state index in [0.717, 1.165) is 39.6 Å². The lowest BCUT2D eigenvalue weighted by molar-refractivity contribution is 0.660. The van der Waals surface area contributed by atoms with Crippen molar-refractivity contribution in [1.82, 2.24) is 13.7 Å². The molecule has 0 fully saturated rings. The molecule has 14 rings (SSSR count). The van der Waals surface area contributed by atoms with Crippen molar-refractivity contribution in [2.24, 2.45) is 0 Å². The Balaban J connectivity index is 0.978. The summed E-state index contributed by atoms with van der Waals surface area (Å²) in [6.07, 6.45) is 2.20. The van der Waals surface area contributed by atoms with Gasteiger partial charge in [0.2, 0.25) is 0 Å². The minimum absolute atomic E-state index is 0.129. The summed E-state index contributed by atoms with van der Waals surface area (Å²) in [5.74, 6) is 0. The number of benzene rings is 10. The second-order valence-corrected chi connectivity index (χ2v) is 19.0. The quantitative estimate of drug-likeness (QED) is 0.156. The number of fused-ring (bicyclic) bond motifs is 10. The molecule has 4 nitrogen and oxygen atoms in total. The van der Waals surface area contributed by atoms with Gasteiger partial charge >= 0.3 is 0 Å². The van der Waals surface area contributed by atoms with Crippen molar-refractivity contribution in [3.05, 3.63) is 254 Å². The summed E-state index contributed by atoms with van der Waals surface area (Å²) in [5.41, 5.74) is 20.3. The zero-order chi connectivity index (χ0) is 45.8. The predicted molar refractivity (Wildman–Crippen MR) is 290 cm³/mol. The van der Waals surface area contributed by atoms with Gasteiger partial charge in [-0.3, -0.25) is 0 Å². The fourth-order valence-electron chi connectivity index (χ4n) is 11.5. The van der Waals surface area contributed by atoms with Crippen molar-refractivity contribution >= 4 is 71.6 Å². The third-order valence-electron chi connectivity index (χ3n) is 14.8. The maximum Gasteiger partial charge on any atom is 0.0562 e. The van der Waals surface area contributed by atoms with Crippen molar-refractivity contribution in [3.63, 3.8) is 0 Å². The van der Waals surface area contributed by atoms with Gasteiger partial charge in [0.1, 0.15) is 0 Å². The second-order valence-electron chi connectivity index (χ2n) is 19.0. The third-order valence-corrected chi connectivity index (χ3v) is 14.8. The molecule has 0 spiro atoms. The highest BCUT2D eigenvalue weighted by molar-refractivity contribution is 6.20. The standard InChI is InChI=1S/C65H46N4/c1-65(2)58-24-14-12-22-52(58)53-35-34-51(39-59(53)65)67(48-28-26-44(27-29-48)43-16-6-3-7-17-43)49-30-32-50(33-31-49)69-62-38-45-36-37-66(46-18-8-4-9-19-46)61(45)41-57(62)56-40-55-54-23-13-15-25-60(54)68(63(55)42-64(56)69)47-20-10-5-11-21-47/h3-42H,1-2H3. The van der Waals surface area contributed by atoms with Crippen molar-refractivity contribution in [3.8, 4) is 39.3 Å². The van der Waals surface area contributed by atoms with E-state index >= 15 is 0 Å². The Labute approximate surface area is 400 Å². The van der Waals surface area contributed by atoms with E-state index < -0.39 is 0 Å². The lowest BCUT2D eigenvalue weighted by Gasteiger charge is -2.28. The first-order valence-corrected chi connectivity index (χ1v) is 23.9. The lowest BCUT2D eigenvalue weighted by atomic mass is 9.82. The van der Waals surface area contributed by atoms with Crippen molar-refractivity contribution < 1.29 is 0 Å². The molecule has 0 amide bonds. The summed E-state index contributed by atoms with van der Waals surface area (Å²) in [7, 11) is 0. The van der Waals surface area contributed by atoms with Crippen LogP contribution in [0.25, 0.3) is 93.8 Å². The average molecular weight is 883 g/mol. The van der Waals surface area contributed by atoms with Crippen LogP contribution in [0.5, 0.6) is 0 Å². The molecule has 3 aromatic heterocycles. The number of aromatic nitrogens is 3. The lowest BCUT2D eigenvalue weighted by Crippen LogP contribution is -2.16. The Kier molecular flexibility index (Phi) is 8.59. The second kappa shape index (κ2) is 15.1. The van der Waals surface area contributed by atoms with E-state index in [-0.39, 0.29) is 5.41 Å². The summed E-state index contributed by atoms with van der Waals surface area (Å²) >= 11 is 0. The van der Waals surface area contributed by atoms with Gasteiger partial charge in [-0.15, -0.1) is 0 Å². The molecule has 0 saturated heterocycles. The highest BCUT2D eigenvalue weighted by atomic mass is 15.1. The molecule has 326 valence electrons. The molecular formula is C65H46N4. The summed E-state index contributed by atoms with van der Waals surface area (Å²) in [4.78, 5) is 2.42. The van der Waals surface area contributed by atoms with Crippen LogP contribution in [0.1, 0.15) is 25.0 Å². The number of rotatable bonds is 7. The van der Waals surface area contributed by atoms with E-state index in [2.05, 4.69) is 275 Å². The molecular weight excluding hydrogens is 837 g/mol. The fourth-order valence-corrected chi connectivity index (χ4v) is 11.5. The summed E-state index contributed by atoms with van der Waals surface area (Å²) in [6.45, 7) is 4.72. The van der Waals surface area contributed by atoms with Crippen molar-refractivity contribution in [2.45, 2.75) is 19.3 Å². The number of nitrogens with zero attached hydrogens (tertiary/aromatic N) is 4. The fraction of sp³-hybridized carbons (Fsp3) is 0.0462. The highest BCUT2D eigenvalue weighted by Crippen LogP contribution is 2.51. The topological polar surface area (TPSA) is 18.0 Å². The van der Waals surface area contributed by atoms with E-state index in [1.807, 2.05) is 0 Å². The molecule has 0 aliphatic heterocycles. The van der Waals surface area contributed by atoms with E-state index in [1.54, 1.807) is 0 Å². The first-order chi connectivity index (χ1) is 34.0.